The summed E-state index contributed by atoms with van der Waals surface area (Å²) in [5, 5.41) is 0.998. The maximum absolute atomic E-state index is 12.6. The molecule has 0 aliphatic carbocycles. The van der Waals surface area contributed by atoms with Gasteiger partial charge in [-0.3, -0.25) is 9.89 Å². The molecule has 2 aromatic rings. The van der Waals surface area contributed by atoms with Gasteiger partial charge in [0.2, 0.25) is 0 Å². The third kappa shape index (κ3) is 3.13. The Morgan fingerprint density at radius 3 is 2.75 bits per heavy atom. The van der Waals surface area contributed by atoms with E-state index in [-0.39, 0.29) is 6.03 Å². The van der Waals surface area contributed by atoms with Crippen molar-refractivity contribution in [3.8, 4) is 0 Å². The van der Waals surface area contributed by atoms with Gasteiger partial charge in [0.15, 0.2) is 0 Å². The molecular weight excluding hydrogens is 386 g/mol. The standard InChI is InChI=1S/C18H20BrN3OS/c1-4-12-11-14-16(13-7-5-6-8-15(13)19)20-9-10-22(17(14)24-12)18(23)21(2)3/h5-8,11H,4,9-10H2,1-3H3. The highest BCUT2D eigenvalue weighted by Gasteiger charge is 2.28. The number of aliphatic imine (C=N–C) groups is 1. The van der Waals surface area contributed by atoms with Gasteiger partial charge in [-0.25, -0.2) is 4.79 Å². The molecule has 6 heteroatoms. The van der Waals surface area contributed by atoms with Crippen molar-refractivity contribution in [2.75, 3.05) is 32.1 Å². The molecule has 0 N–H and O–H groups in total. The zero-order valence-corrected chi connectivity index (χ0v) is 16.4. The summed E-state index contributed by atoms with van der Waals surface area (Å²) in [6, 6.07) is 10.3. The minimum absolute atomic E-state index is 0.00401. The Balaban J connectivity index is 2.14. The number of carbonyl (C=O) groups is 1. The Labute approximate surface area is 154 Å². The summed E-state index contributed by atoms with van der Waals surface area (Å²) in [5.41, 5.74) is 3.08. The minimum Gasteiger partial charge on any atom is -0.330 e. The average molecular weight is 406 g/mol. The molecule has 3 rings (SSSR count). The smallest absolute Gasteiger partial charge is 0.324 e. The molecule has 1 aromatic heterocycles. The predicted octanol–water partition coefficient (Wildman–Crippen LogP) is 4.41. The van der Waals surface area contributed by atoms with E-state index in [4.69, 9.17) is 4.99 Å². The second-order valence-electron chi connectivity index (χ2n) is 5.82. The monoisotopic (exact) mass is 405 g/mol. The van der Waals surface area contributed by atoms with Crippen LogP contribution in [0.4, 0.5) is 9.80 Å². The molecule has 1 aromatic carbocycles. The largest absolute Gasteiger partial charge is 0.330 e. The van der Waals surface area contributed by atoms with Crippen LogP contribution in [0.15, 0.2) is 39.8 Å². The molecular formula is C18H20BrN3OS. The molecule has 0 unspecified atom stereocenters. The van der Waals surface area contributed by atoms with Crippen LogP contribution in [0.3, 0.4) is 0 Å². The predicted molar refractivity (Wildman–Crippen MR) is 105 cm³/mol. The van der Waals surface area contributed by atoms with Crippen molar-refractivity contribution in [1.82, 2.24) is 4.90 Å². The summed E-state index contributed by atoms with van der Waals surface area (Å²) >= 11 is 5.32. The van der Waals surface area contributed by atoms with Crippen molar-refractivity contribution < 1.29 is 4.79 Å². The molecule has 0 atom stereocenters. The van der Waals surface area contributed by atoms with Gasteiger partial charge in [0, 0.05) is 41.1 Å². The van der Waals surface area contributed by atoms with Crippen LogP contribution in [0.1, 0.15) is 22.9 Å². The number of hydrogen-bond donors (Lipinski definition) is 0. The summed E-state index contributed by atoms with van der Waals surface area (Å²) in [5.74, 6) is 0. The van der Waals surface area contributed by atoms with E-state index in [9.17, 15) is 4.79 Å². The van der Waals surface area contributed by atoms with Crippen LogP contribution >= 0.6 is 27.3 Å². The number of aryl methyl sites for hydroxylation is 1. The maximum atomic E-state index is 12.6. The number of rotatable bonds is 2. The van der Waals surface area contributed by atoms with Gasteiger partial charge in [-0.15, -0.1) is 11.3 Å². The SMILES string of the molecule is CCc1cc2c(s1)N(C(=O)N(C)C)CCN=C2c1ccccc1Br. The summed E-state index contributed by atoms with van der Waals surface area (Å²) in [6.45, 7) is 3.33. The molecule has 0 saturated heterocycles. The fourth-order valence-corrected chi connectivity index (χ4v) is 4.32. The molecule has 0 fully saturated rings. The quantitative estimate of drug-likeness (QED) is 0.728. The highest BCUT2D eigenvalue weighted by atomic mass is 79.9. The molecule has 1 aliphatic heterocycles. The second kappa shape index (κ2) is 7.07. The number of carbonyl (C=O) groups excluding carboxylic acids is 1. The Morgan fingerprint density at radius 2 is 2.08 bits per heavy atom. The second-order valence-corrected chi connectivity index (χ2v) is 7.79. The third-order valence-corrected chi connectivity index (χ3v) is 5.94. The lowest BCUT2D eigenvalue weighted by molar-refractivity contribution is 0.224. The van der Waals surface area contributed by atoms with Gasteiger partial charge < -0.3 is 4.90 Å². The molecule has 0 spiro atoms. The van der Waals surface area contributed by atoms with Crippen LogP contribution in [0.5, 0.6) is 0 Å². The van der Waals surface area contributed by atoms with Gasteiger partial charge in [0.05, 0.1) is 12.3 Å². The van der Waals surface area contributed by atoms with Crippen molar-refractivity contribution in [1.29, 1.82) is 0 Å². The molecule has 2 amide bonds. The first-order valence-corrected chi connectivity index (χ1v) is 9.55. The zero-order chi connectivity index (χ0) is 17.3. The number of thiophene rings is 1. The van der Waals surface area contributed by atoms with Crippen LogP contribution in [0.2, 0.25) is 0 Å². The number of urea groups is 1. The van der Waals surface area contributed by atoms with Gasteiger partial charge in [0.1, 0.15) is 5.00 Å². The van der Waals surface area contributed by atoms with E-state index >= 15 is 0 Å². The van der Waals surface area contributed by atoms with E-state index in [1.165, 1.54) is 4.88 Å². The lowest BCUT2D eigenvalue weighted by atomic mass is 10.0. The van der Waals surface area contributed by atoms with E-state index in [1.807, 2.05) is 23.1 Å². The van der Waals surface area contributed by atoms with Gasteiger partial charge in [-0.1, -0.05) is 41.1 Å². The van der Waals surface area contributed by atoms with Gasteiger partial charge in [-0.2, -0.15) is 0 Å². The molecule has 0 saturated carbocycles. The fraction of sp³-hybridized carbons (Fsp3) is 0.333. The van der Waals surface area contributed by atoms with Gasteiger partial charge in [0.25, 0.3) is 0 Å². The fourth-order valence-electron chi connectivity index (χ4n) is 2.73. The van der Waals surface area contributed by atoms with Gasteiger partial charge in [-0.05, 0) is 18.6 Å². The number of fused-ring (bicyclic) bond motifs is 1. The van der Waals surface area contributed by atoms with Crippen LogP contribution in [0, 0.1) is 0 Å². The Hall–Kier alpha value is -1.66. The van der Waals surface area contributed by atoms with E-state index in [0.29, 0.717) is 13.1 Å². The highest BCUT2D eigenvalue weighted by molar-refractivity contribution is 9.10. The van der Waals surface area contributed by atoms with Crippen molar-refractivity contribution >= 4 is 44.0 Å². The summed E-state index contributed by atoms with van der Waals surface area (Å²) in [4.78, 5) is 22.2. The minimum atomic E-state index is 0.00401. The average Bonchev–Trinajstić information content (AvgIpc) is 2.92. The highest BCUT2D eigenvalue weighted by Crippen LogP contribution is 2.37. The number of benzene rings is 1. The first-order valence-electron chi connectivity index (χ1n) is 7.94. The number of halogens is 1. The van der Waals surface area contributed by atoms with Crippen molar-refractivity contribution in [2.24, 2.45) is 4.99 Å². The van der Waals surface area contributed by atoms with Crippen LogP contribution in [-0.4, -0.2) is 43.8 Å². The molecule has 0 bridgehead atoms. The number of anilines is 1. The Morgan fingerprint density at radius 1 is 1.33 bits per heavy atom. The van der Waals surface area contributed by atoms with Gasteiger partial charge >= 0.3 is 6.03 Å². The van der Waals surface area contributed by atoms with Crippen LogP contribution < -0.4 is 4.90 Å². The topological polar surface area (TPSA) is 35.9 Å². The van der Waals surface area contributed by atoms with E-state index in [2.05, 4.69) is 35.0 Å². The number of nitrogens with zero attached hydrogens (tertiary/aromatic N) is 3. The van der Waals surface area contributed by atoms with Crippen molar-refractivity contribution in [3.05, 3.63) is 50.8 Å². The zero-order valence-electron chi connectivity index (χ0n) is 14.0. The van der Waals surface area contributed by atoms with E-state index in [1.54, 1.807) is 30.3 Å². The van der Waals surface area contributed by atoms with Crippen molar-refractivity contribution in [2.45, 2.75) is 13.3 Å². The number of amides is 2. The lowest BCUT2D eigenvalue weighted by Crippen LogP contribution is -2.40. The summed E-state index contributed by atoms with van der Waals surface area (Å²) < 4.78 is 1.02. The Kier molecular flexibility index (Phi) is 5.06. The van der Waals surface area contributed by atoms with Crippen LogP contribution in [-0.2, 0) is 6.42 Å². The maximum Gasteiger partial charge on any atom is 0.324 e. The first-order chi connectivity index (χ1) is 11.5. The molecule has 0 radical (unpaired) electrons. The number of hydrogen-bond acceptors (Lipinski definition) is 3. The normalized spacial score (nSPS) is 14.0. The first kappa shape index (κ1) is 17.2. The van der Waals surface area contributed by atoms with Crippen molar-refractivity contribution in [3.63, 3.8) is 0 Å². The Bertz CT molecular complexity index is 797. The third-order valence-electron chi connectivity index (χ3n) is 3.95. The van der Waals surface area contributed by atoms with E-state index in [0.717, 1.165) is 32.7 Å². The van der Waals surface area contributed by atoms with E-state index < -0.39 is 0 Å². The van der Waals surface area contributed by atoms with Crippen LogP contribution in [0.25, 0.3) is 0 Å². The molecule has 24 heavy (non-hydrogen) atoms. The lowest BCUT2D eigenvalue weighted by Gasteiger charge is -2.24. The molecule has 4 nitrogen and oxygen atoms in total. The molecule has 2 heterocycles. The summed E-state index contributed by atoms with van der Waals surface area (Å²) in [7, 11) is 3.58. The summed E-state index contributed by atoms with van der Waals surface area (Å²) in [6.07, 6.45) is 0.949. The molecule has 1 aliphatic rings. The molecule has 126 valence electrons.